The molecule has 0 spiro atoms. The number of halogens is 5. The molecule has 6 nitrogen and oxygen atoms in total. The zero-order chi connectivity index (χ0) is 23.4. The molecule has 1 amide bonds. The van der Waals surface area contributed by atoms with E-state index in [4.69, 9.17) is 4.52 Å². The maximum atomic E-state index is 13.7. The molecule has 0 bridgehead atoms. The van der Waals surface area contributed by atoms with Crippen molar-refractivity contribution in [2.24, 2.45) is 5.92 Å². The van der Waals surface area contributed by atoms with E-state index in [2.05, 4.69) is 15.5 Å². The molecule has 3 aromatic rings. The van der Waals surface area contributed by atoms with Gasteiger partial charge >= 0.3 is 6.18 Å². The highest BCUT2D eigenvalue weighted by Gasteiger charge is 2.40. The lowest BCUT2D eigenvalue weighted by Crippen LogP contribution is -2.26. The summed E-state index contributed by atoms with van der Waals surface area (Å²) in [5.41, 5.74) is -0.309. The van der Waals surface area contributed by atoms with E-state index in [9.17, 15) is 26.7 Å². The van der Waals surface area contributed by atoms with Gasteiger partial charge in [0.1, 0.15) is 5.65 Å². The van der Waals surface area contributed by atoms with Gasteiger partial charge in [0.25, 0.3) is 5.91 Å². The molecule has 2 aliphatic rings. The molecule has 0 saturated heterocycles. The molecule has 3 aromatic heterocycles. The summed E-state index contributed by atoms with van der Waals surface area (Å²) in [4.78, 5) is 16.3. The highest BCUT2D eigenvalue weighted by molar-refractivity contribution is 6.04. The lowest BCUT2D eigenvalue weighted by Gasteiger charge is -2.28. The second kappa shape index (κ2) is 7.81. The van der Waals surface area contributed by atoms with Crippen LogP contribution in [-0.2, 0) is 12.6 Å². The van der Waals surface area contributed by atoms with Crippen molar-refractivity contribution >= 4 is 17.4 Å². The van der Waals surface area contributed by atoms with E-state index in [1.807, 2.05) is 0 Å². The summed E-state index contributed by atoms with van der Waals surface area (Å²) in [6.45, 7) is 0. The molecular formula is C22H21F5N4O2. The number of pyridine rings is 1. The normalized spacial score (nSPS) is 19.2. The minimum absolute atomic E-state index is 0.0142. The number of nitrogens with zero attached hydrogens (tertiary/aromatic N) is 3. The highest BCUT2D eigenvalue weighted by Crippen LogP contribution is 2.41. The minimum Gasteiger partial charge on any atom is -0.338 e. The Hall–Kier alpha value is -2.98. The van der Waals surface area contributed by atoms with Crippen LogP contribution in [0.25, 0.3) is 5.65 Å². The topological polar surface area (TPSA) is 72.4 Å². The van der Waals surface area contributed by atoms with Crippen molar-refractivity contribution in [1.29, 1.82) is 0 Å². The zero-order valence-electron chi connectivity index (χ0n) is 17.5. The van der Waals surface area contributed by atoms with Crippen molar-refractivity contribution in [3.05, 3.63) is 47.0 Å². The monoisotopic (exact) mass is 468 g/mol. The van der Waals surface area contributed by atoms with E-state index < -0.39 is 23.7 Å². The number of aromatic nitrogens is 3. The Morgan fingerprint density at radius 2 is 1.91 bits per heavy atom. The van der Waals surface area contributed by atoms with Crippen LogP contribution >= 0.6 is 0 Å². The lowest BCUT2D eigenvalue weighted by molar-refractivity contribution is -0.141. The molecule has 0 aliphatic heterocycles. The molecule has 5 rings (SSSR count). The number of carbonyl (C=O) groups is 1. The number of alkyl halides is 5. The predicted molar refractivity (Wildman–Crippen MR) is 107 cm³/mol. The molecule has 1 N–H and O–H groups in total. The first-order valence-corrected chi connectivity index (χ1v) is 10.8. The van der Waals surface area contributed by atoms with Crippen LogP contribution in [0.1, 0.15) is 71.9 Å². The maximum absolute atomic E-state index is 13.7. The molecule has 0 radical (unpaired) electrons. The summed E-state index contributed by atoms with van der Waals surface area (Å²) in [6.07, 6.45) is -1.69. The molecule has 2 aliphatic carbocycles. The van der Waals surface area contributed by atoms with Gasteiger partial charge < -0.3 is 8.92 Å². The second-order valence-electron chi connectivity index (χ2n) is 8.90. The Labute approximate surface area is 185 Å². The van der Waals surface area contributed by atoms with Gasteiger partial charge in [0.2, 0.25) is 11.8 Å². The Bertz CT molecular complexity index is 1190. The van der Waals surface area contributed by atoms with E-state index in [-0.39, 0.29) is 60.8 Å². The Morgan fingerprint density at radius 3 is 2.58 bits per heavy atom. The molecule has 2 fully saturated rings. The quantitative estimate of drug-likeness (QED) is 0.478. The van der Waals surface area contributed by atoms with Gasteiger partial charge in [-0.15, -0.1) is 0 Å². The summed E-state index contributed by atoms with van der Waals surface area (Å²) in [6, 6.07) is 4.29. The predicted octanol–water partition coefficient (Wildman–Crippen LogP) is 5.84. The number of anilines is 1. The summed E-state index contributed by atoms with van der Waals surface area (Å²) in [7, 11) is 0. The Balaban J connectivity index is 1.39. The first-order chi connectivity index (χ1) is 15.6. The van der Waals surface area contributed by atoms with Crippen molar-refractivity contribution in [2.75, 3.05) is 5.32 Å². The number of imidazole rings is 1. The van der Waals surface area contributed by atoms with Crippen molar-refractivity contribution < 1.29 is 31.3 Å². The number of hydrogen-bond acceptors (Lipinski definition) is 4. The SMILES string of the molecule is O=C(Nc1cc(C2CC2)no1)c1ccn2c(CC3CCC(F)(F)CC3)c(C(F)(F)F)nc2c1. The van der Waals surface area contributed by atoms with Crippen LogP contribution in [0.4, 0.5) is 27.8 Å². The third kappa shape index (κ3) is 4.58. The van der Waals surface area contributed by atoms with Crippen molar-refractivity contribution in [3.63, 3.8) is 0 Å². The van der Waals surface area contributed by atoms with Crippen LogP contribution < -0.4 is 5.32 Å². The number of carbonyl (C=O) groups excluding carboxylic acids is 1. The Kier molecular flexibility index (Phi) is 5.17. The van der Waals surface area contributed by atoms with Gasteiger partial charge in [-0.2, -0.15) is 13.2 Å². The van der Waals surface area contributed by atoms with Crippen LogP contribution in [0.5, 0.6) is 0 Å². The molecular weight excluding hydrogens is 447 g/mol. The third-order valence-corrected chi connectivity index (χ3v) is 6.34. The van der Waals surface area contributed by atoms with Crippen LogP contribution in [0.2, 0.25) is 0 Å². The van der Waals surface area contributed by atoms with Gasteiger partial charge in [0.15, 0.2) is 5.69 Å². The van der Waals surface area contributed by atoms with Crippen molar-refractivity contribution in [2.45, 2.75) is 63.0 Å². The number of amides is 1. The zero-order valence-corrected chi connectivity index (χ0v) is 17.5. The van der Waals surface area contributed by atoms with Gasteiger partial charge in [0, 0.05) is 36.6 Å². The molecule has 11 heteroatoms. The minimum atomic E-state index is -4.71. The lowest BCUT2D eigenvalue weighted by atomic mass is 9.83. The molecule has 33 heavy (non-hydrogen) atoms. The molecule has 2 saturated carbocycles. The van der Waals surface area contributed by atoms with Gasteiger partial charge in [-0.25, -0.2) is 13.8 Å². The van der Waals surface area contributed by atoms with E-state index in [1.54, 1.807) is 6.07 Å². The molecule has 0 aromatic carbocycles. The van der Waals surface area contributed by atoms with Gasteiger partial charge in [0.05, 0.1) is 11.4 Å². The smallest absolute Gasteiger partial charge is 0.338 e. The summed E-state index contributed by atoms with van der Waals surface area (Å²) < 4.78 is 74.4. The Morgan fingerprint density at radius 1 is 1.18 bits per heavy atom. The van der Waals surface area contributed by atoms with Gasteiger partial charge in [-0.3, -0.25) is 10.1 Å². The molecule has 176 valence electrons. The first-order valence-electron chi connectivity index (χ1n) is 10.8. The number of hydrogen-bond donors (Lipinski definition) is 1. The standard InChI is InChI=1S/C22H21F5N4O2/c23-21(24)6-3-12(4-7-21)9-16-19(22(25,26)27)28-17-10-14(5-8-31(16)17)20(32)29-18-11-15(30-33-18)13-1-2-13/h5,8,10-13H,1-4,6-7,9H2,(H,29,32). The highest BCUT2D eigenvalue weighted by atomic mass is 19.4. The van der Waals surface area contributed by atoms with Gasteiger partial charge in [-0.1, -0.05) is 5.16 Å². The second-order valence-corrected chi connectivity index (χ2v) is 8.90. The fourth-order valence-electron chi connectivity index (χ4n) is 4.34. The molecule has 3 heterocycles. The summed E-state index contributed by atoms with van der Waals surface area (Å²) in [5, 5.41) is 6.46. The number of rotatable bonds is 5. The maximum Gasteiger partial charge on any atom is 0.435 e. The van der Waals surface area contributed by atoms with Crippen LogP contribution in [-0.4, -0.2) is 26.4 Å². The number of fused-ring (bicyclic) bond motifs is 1. The summed E-state index contributed by atoms with van der Waals surface area (Å²) in [5.74, 6) is -3.11. The number of nitrogens with one attached hydrogen (secondary N) is 1. The summed E-state index contributed by atoms with van der Waals surface area (Å²) >= 11 is 0. The van der Waals surface area contributed by atoms with E-state index in [0.717, 1.165) is 18.5 Å². The average Bonchev–Trinajstić information content (AvgIpc) is 3.38. The van der Waals surface area contributed by atoms with Crippen molar-refractivity contribution in [1.82, 2.24) is 14.5 Å². The molecule has 0 atom stereocenters. The third-order valence-electron chi connectivity index (χ3n) is 6.34. The average molecular weight is 468 g/mol. The van der Waals surface area contributed by atoms with Crippen molar-refractivity contribution in [3.8, 4) is 0 Å². The fourth-order valence-corrected chi connectivity index (χ4v) is 4.34. The van der Waals surface area contributed by atoms with E-state index in [0.29, 0.717) is 5.92 Å². The van der Waals surface area contributed by atoms with E-state index in [1.165, 1.54) is 22.7 Å². The largest absolute Gasteiger partial charge is 0.435 e. The fraction of sp³-hybridized carbons (Fsp3) is 0.500. The van der Waals surface area contributed by atoms with Crippen LogP contribution in [0.3, 0.4) is 0 Å². The van der Waals surface area contributed by atoms with Gasteiger partial charge in [-0.05, 0) is 50.2 Å². The van der Waals surface area contributed by atoms with Crippen LogP contribution in [0.15, 0.2) is 28.9 Å². The first kappa shape index (κ1) is 21.8. The van der Waals surface area contributed by atoms with E-state index >= 15 is 0 Å². The molecule has 0 unspecified atom stereocenters. The van der Waals surface area contributed by atoms with Crippen LogP contribution in [0, 0.1) is 5.92 Å².